The predicted molar refractivity (Wildman–Crippen MR) is 89.8 cm³/mol. The highest BCUT2D eigenvalue weighted by molar-refractivity contribution is 9.10. The molecule has 2 aromatic rings. The van der Waals surface area contributed by atoms with Gasteiger partial charge in [-0.25, -0.2) is 0 Å². The number of aromatic nitrogens is 1. The lowest BCUT2D eigenvalue weighted by Gasteiger charge is -2.10. The van der Waals surface area contributed by atoms with Gasteiger partial charge in [-0.15, -0.1) is 0 Å². The maximum absolute atomic E-state index is 12.1. The molecule has 1 N–H and O–H groups in total. The molecule has 2 rings (SSSR count). The van der Waals surface area contributed by atoms with Crippen LogP contribution < -0.4 is 15.6 Å². The molecule has 1 amide bonds. The van der Waals surface area contributed by atoms with Crippen molar-refractivity contribution in [1.29, 1.82) is 0 Å². The highest BCUT2D eigenvalue weighted by Gasteiger charge is 2.09. The molecule has 0 radical (unpaired) electrons. The summed E-state index contributed by atoms with van der Waals surface area (Å²) in [5.41, 5.74) is 1.16. The topological polar surface area (TPSA) is 60.3 Å². The Labute approximate surface area is 141 Å². The van der Waals surface area contributed by atoms with Crippen LogP contribution in [0.1, 0.15) is 5.56 Å². The van der Waals surface area contributed by atoms with Crippen molar-refractivity contribution in [3.05, 3.63) is 55.9 Å². The van der Waals surface area contributed by atoms with Gasteiger partial charge >= 0.3 is 0 Å². The van der Waals surface area contributed by atoms with Gasteiger partial charge in [-0.1, -0.05) is 11.6 Å². The average Bonchev–Trinajstić information content (AvgIpc) is 2.44. The molecule has 0 unspecified atom stereocenters. The molecule has 0 aliphatic heterocycles. The Morgan fingerprint density at radius 1 is 1.41 bits per heavy atom. The highest BCUT2D eigenvalue weighted by atomic mass is 79.9. The number of amides is 1. The second kappa shape index (κ2) is 6.98. The molecule has 22 heavy (non-hydrogen) atoms. The average molecular weight is 386 g/mol. The van der Waals surface area contributed by atoms with Crippen molar-refractivity contribution < 1.29 is 9.53 Å². The van der Waals surface area contributed by atoms with Gasteiger partial charge in [0.1, 0.15) is 12.3 Å². The fourth-order valence-corrected chi connectivity index (χ4v) is 2.80. The number of pyridine rings is 1. The first-order valence-electron chi connectivity index (χ1n) is 6.40. The van der Waals surface area contributed by atoms with Gasteiger partial charge in [-0.2, -0.15) is 0 Å². The van der Waals surface area contributed by atoms with Crippen LogP contribution in [-0.2, 0) is 11.3 Å². The van der Waals surface area contributed by atoms with Crippen LogP contribution in [0.2, 0.25) is 5.02 Å². The number of ether oxygens (including phenoxy) is 1. The molecule has 0 saturated heterocycles. The summed E-state index contributed by atoms with van der Waals surface area (Å²) in [5, 5.41) is 3.09. The first kappa shape index (κ1) is 16.6. The van der Waals surface area contributed by atoms with E-state index in [0.717, 1.165) is 5.56 Å². The minimum absolute atomic E-state index is 0.0806. The predicted octanol–water partition coefficient (Wildman–Crippen LogP) is 3.22. The van der Waals surface area contributed by atoms with Gasteiger partial charge in [-0.05, 0) is 52.7 Å². The van der Waals surface area contributed by atoms with Gasteiger partial charge in [0.15, 0.2) is 0 Å². The van der Waals surface area contributed by atoms with E-state index in [1.165, 1.54) is 11.7 Å². The van der Waals surface area contributed by atoms with Crippen molar-refractivity contribution in [3.8, 4) is 5.75 Å². The van der Waals surface area contributed by atoms with Crippen LogP contribution in [0.25, 0.3) is 0 Å². The van der Waals surface area contributed by atoms with E-state index >= 15 is 0 Å². The van der Waals surface area contributed by atoms with Gasteiger partial charge in [0.2, 0.25) is 5.91 Å². The minimum Gasteiger partial charge on any atom is -0.495 e. The van der Waals surface area contributed by atoms with Crippen LogP contribution in [0, 0.1) is 6.92 Å². The molecule has 0 bridgehead atoms. The molecule has 0 fully saturated rings. The van der Waals surface area contributed by atoms with Crippen LogP contribution in [0.5, 0.6) is 5.75 Å². The standard InChI is InChI=1S/C15H14BrClN2O3/c1-9-5-11(16)15(21)19(7-9)8-14(20)18-10-3-4-13(22-2)12(17)6-10/h3-7H,8H2,1-2H3,(H,18,20). The molecule has 7 heteroatoms. The molecule has 0 saturated carbocycles. The number of rotatable bonds is 4. The van der Waals surface area contributed by atoms with E-state index in [2.05, 4.69) is 21.2 Å². The van der Waals surface area contributed by atoms with Gasteiger partial charge in [-0.3, -0.25) is 9.59 Å². The number of carbonyl (C=O) groups excluding carboxylic acids is 1. The number of benzene rings is 1. The third-order valence-corrected chi connectivity index (χ3v) is 3.79. The lowest BCUT2D eigenvalue weighted by atomic mass is 10.3. The molecule has 0 aliphatic rings. The molecule has 0 aliphatic carbocycles. The van der Waals surface area contributed by atoms with E-state index in [-0.39, 0.29) is 18.0 Å². The van der Waals surface area contributed by atoms with Gasteiger partial charge in [0, 0.05) is 11.9 Å². The minimum atomic E-state index is -0.319. The van der Waals surface area contributed by atoms with E-state index in [0.29, 0.717) is 20.9 Å². The molecule has 5 nitrogen and oxygen atoms in total. The zero-order valence-electron chi connectivity index (χ0n) is 12.0. The smallest absolute Gasteiger partial charge is 0.265 e. The Hall–Kier alpha value is -1.79. The number of anilines is 1. The van der Waals surface area contributed by atoms with Crippen LogP contribution in [0.3, 0.4) is 0 Å². The third kappa shape index (κ3) is 3.90. The maximum Gasteiger partial charge on any atom is 0.265 e. The third-order valence-electron chi connectivity index (χ3n) is 2.93. The summed E-state index contributed by atoms with van der Waals surface area (Å²) in [4.78, 5) is 24.0. The Balaban J connectivity index is 2.14. The lowest BCUT2D eigenvalue weighted by Crippen LogP contribution is -2.27. The van der Waals surface area contributed by atoms with E-state index in [9.17, 15) is 9.59 Å². The largest absolute Gasteiger partial charge is 0.495 e. The zero-order chi connectivity index (χ0) is 16.3. The van der Waals surface area contributed by atoms with Crippen LogP contribution in [-0.4, -0.2) is 17.6 Å². The number of nitrogens with one attached hydrogen (secondary N) is 1. The van der Waals surface area contributed by atoms with E-state index < -0.39 is 0 Å². The summed E-state index contributed by atoms with van der Waals surface area (Å²) >= 11 is 9.18. The number of halogens is 2. The highest BCUT2D eigenvalue weighted by Crippen LogP contribution is 2.27. The number of nitrogens with zero attached hydrogens (tertiary/aromatic N) is 1. The number of carbonyl (C=O) groups is 1. The van der Waals surface area contributed by atoms with Crippen molar-refractivity contribution in [3.63, 3.8) is 0 Å². The van der Waals surface area contributed by atoms with Crippen molar-refractivity contribution in [2.75, 3.05) is 12.4 Å². The maximum atomic E-state index is 12.1. The summed E-state index contributed by atoms with van der Waals surface area (Å²) in [6, 6.07) is 6.64. The molecule has 0 atom stereocenters. The quantitative estimate of drug-likeness (QED) is 0.879. The van der Waals surface area contributed by atoms with Crippen LogP contribution in [0.15, 0.2) is 39.7 Å². The summed E-state index contributed by atoms with van der Waals surface area (Å²) < 4.78 is 6.82. The van der Waals surface area contributed by atoms with Gasteiger partial charge in [0.05, 0.1) is 16.6 Å². The molecular formula is C15H14BrClN2O3. The SMILES string of the molecule is COc1ccc(NC(=O)Cn2cc(C)cc(Br)c2=O)cc1Cl. The Kier molecular flexibility index (Phi) is 5.26. The number of hydrogen-bond donors (Lipinski definition) is 1. The fourth-order valence-electron chi connectivity index (χ4n) is 1.96. The first-order chi connectivity index (χ1) is 10.4. The van der Waals surface area contributed by atoms with E-state index in [1.54, 1.807) is 30.5 Å². The number of methoxy groups -OCH3 is 1. The summed E-state index contributed by atoms with van der Waals surface area (Å²) in [6.07, 6.45) is 1.63. The summed E-state index contributed by atoms with van der Waals surface area (Å²) in [7, 11) is 1.52. The molecule has 1 aromatic heterocycles. The van der Waals surface area contributed by atoms with Crippen molar-refractivity contribution >= 4 is 39.1 Å². The first-order valence-corrected chi connectivity index (χ1v) is 7.58. The molecule has 1 aromatic carbocycles. The van der Waals surface area contributed by atoms with Crippen molar-refractivity contribution in [1.82, 2.24) is 4.57 Å². The van der Waals surface area contributed by atoms with Crippen LogP contribution >= 0.6 is 27.5 Å². The van der Waals surface area contributed by atoms with Crippen molar-refractivity contribution in [2.24, 2.45) is 0 Å². The Morgan fingerprint density at radius 2 is 2.14 bits per heavy atom. The zero-order valence-corrected chi connectivity index (χ0v) is 14.4. The lowest BCUT2D eigenvalue weighted by molar-refractivity contribution is -0.116. The van der Waals surface area contributed by atoms with Gasteiger partial charge < -0.3 is 14.6 Å². The summed E-state index contributed by atoms with van der Waals surface area (Å²) in [6.45, 7) is 1.77. The Morgan fingerprint density at radius 3 is 2.77 bits per heavy atom. The second-order valence-electron chi connectivity index (χ2n) is 4.70. The fraction of sp³-hybridized carbons (Fsp3) is 0.200. The van der Waals surface area contributed by atoms with Crippen molar-refractivity contribution in [2.45, 2.75) is 13.5 Å². The summed E-state index contributed by atoms with van der Waals surface area (Å²) in [5.74, 6) is 0.208. The van der Waals surface area contributed by atoms with E-state index in [4.69, 9.17) is 16.3 Å². The number of hydrogen-bond acceptors (Lipinski definition) is 3. The molecular weight excluding hydrogens is 372 g/mol. The second-order valence-corrected chi connectivity index (χ2v) is 5.96. The molecule has 1 heterocycles. The van der Waals surface area contributed by atoms with Crippen LogP contribution in [0.4, 0.5) is 5.69 Å². The van der Waals surface area contributed by atoms with Gasteiger partial charge in [0.25, 0.3) is 5.56 Å². The molecule has 116 valence electrons. The normalized spacial score (nSPS) is 10.4. The number of aryl methyl sites for hydroxylation is 1. The molecule has 0 spiro atoms. The van der Waals surface area contributed by atoms with E-state index in [1.807, 2.05) is 6.92 Å². The Bertz CT molecular complexity index is 774. The monoisotopic (exact) mass is 384 g/mol.